The zero-order valence-electron chi connectivity index (χ0n) is 12.4. The first-order valence-corrected chi connectivity index (χ1v) is 7.23. The van der Waals surface area contributed by atoms with Crippen LogP contribution < -0.4 is 5.73 Å². The second kappa shape index (κ2) is 7.94. The van der Waals surface area contributed by atoms with E-state index in [1.807, 2.05) is 17.9 Å². The Morgan fingerprint density at radius 2 is 2.11 bits per heavy atom. The SMILES string of the molecule is CCCN(CCCN)C(=O)c1cc(CC)nn1CC. The largest absolute Gasteiger partial charge is 0.337 e. The van der Waals surface area contributed by atoms with Crippen LogP contribution in [0.3, 0.4) is 0 Å². The summed E-state index contributed by atoms with van der Waals surface area (Å²) in [6.07, 6.45) is 2.65. The molecular formula is C14H26N4O. The van der Waals surface area contributed by atoms with Crippen LogP contribution in [0.5, 0.6) is 0 Å². The minimum Gasteiger partial charge on any atom is -0.337 e. The molecule has 0 unspecified atom stereocenters. The number of amides is 1. The van der Waals surface area contributed by atoms with Gasteiger partial charge in [-0.3, -0.25) is 9.48 Å². The number of carbonyl (C=O) groups excluding carboxylic acids is 1. The van der Waals surface area contributed by atoms with Crippen LogP contribution in [0.1, 0.15) is 49.8 Å². The molecule has 1 aromatic rings. The zero-order chi connectivity index (χ0) is 14.3. The van der Waals surface area contributed by atoms with Gasteiger partial charge < -0.3 is 10.6 Å². The maximum Gasteiger partial charge on any atom is 0.272 e. The van der Waals surface area contributed by atoms with Crippen molar-refractivity contribution in [1.82, 2.24) is 14.7 Å². The maximum atomic E-state index is 12.6. The third kappa shape index (κ3) is 4.06. The van der Waals surface area contributed by atoms with Gasteiger partial charge in [0.2, 0.25) is 0 Å². The molecule has 5 heteroatoms. The lowest BCUT2D eigenvalue weighted by Crippen LogP contribution is -2.35. The van der Waals surface area contributed by atoms with Crippen molar-refractivity contribution in [3.05, 3.63) is 17.5 Å². The fraction of sp³-hybridized carbons (Fsp3) is 0.714. The summed E-state index contributed by atoms with van der Waals surface area (Å²) in [5, 5.41) is 4.44. The van der Waals surface area contributed by atoms with E-state index in [-0.39, 0.29) is 5.91 Å². The van der Waals surface area contributed by atoms with Crippen molar-refractivity contribution in [2.24, 2.45) is 5.73 Å². The summed E-state index contributed by atoms with van der Waals surface area (Å²) in [4.78, 5) is 14.5. The van der Waals surface area contributed by atoms with Crippen LogP contribution in [0.4, 0.5) is 0 Å². The third-order valence-corrected chi connectivity index (χ3v) is 3.12. The fourth-order valence-electron chi connectivity index (χ4n) is 2.09. The molecule has 2 N–H and O–H groups in total. The van der Waals surface area contributed by atoms with Crippen LogP contribution in [-0.2, 0) is 13.0 Å². The predicted molar refractivity (Wildman–Crippen MR) is 77.1 cm³/mol. The Labute approximate surface area is 115 Å². The average Bonchev–Trinajstić information content (AvgIpc) is 2.86. The molecule has 5 nitrogen and oxygen atoms in total. The average molecular weight is 266 g/mol. The summed E-state index contributed by atoms with van der Waals surface area (Å²) in [6, 6.07) is 1.91. The van der Waals surface area contributed by atoms with Gasteiger partial charge in [0.1, 0.15) is 5.69 Å². The number of nitrogens with two attached hydrogens (primary N) is 1. The Morgan fingerprint density at radius 1 is 1.37 bits per heavy atom. The molecule has 0 fully saturated rings. The summed E-state index contributed by atoms with van der Waals surface area (Å²) in [6.45, 7) is 8.97. The van der Waals surface area contributed by atoms with Crippen molar-refractivity contribution < 1.29 is 4.79 Å². The van der Waals surface area contributed by atoms with Crippen LogP contribution >= 0.6 is 0 Å². The summed E-state index contributed by atoms with van der Waals surface area (Å²) in [5.41, 5.74) is 7.21. The van der Waals surface area contributed by atoms with E-state index >= 15 is 0 Å². The molecule has 0 aliphatic rings. The molecule has 19 heavy (non-hydrogen) atoms. The van der Waals surface area contributed by atoms with Gasteiger partial charge in [0.15, 0.2) is 0 Å². The van der Waals surface area contributed by atoms with E-state index < -0.39 is 0 Å². The minimum absolute atomic E-state index is 0.0735. The summed E-state index contributed by atoms with van der Waals surface area (Å²) in [7, 11) is 0. The molecule has 108 valence electrons. The fourth-order valence-corrected chi connectivity index (χ4v) is 2.09. The topological polar surface area (TPSA) is 64.2 Å². The van der Waals surface area contributed by atoms with Crippen LogP contribution in [0, 0.1) is 0 Å². The van der Waals surface area contributed by atoms with Crippen molar-refractivity contribution in [1.29, 1.82) is 0 Å². The molecule has 0 atom stereocenters. The number of aromatic nitrogens is 2. The highest BCUT2D eigenvalue weighted by molar-refractivity contribution is 5.92. The molecule has 1 heterocycles. The lowest BCUT2D eigenvalue weighted by molar-refractivity contribution is 0.0742. The maximum absolute atomic E-state index is 12.6. The number of hydrogen-bond donors (Lipinski definition) is 1. The normalized spacial score (nSPS) is 10.7. The molecule has 0 bridgehead atoms. The lowest BCUT2D eigenvalue weighted by Gasteiger charge is -2.22. The molecule has 1 amide bonds. The third-order valence-electron chi connectivity index (χ3n) is 3.12. The number of carbonyl (C=O) groups is 1. The van der Waals surface area contributed by atoms with E-state index in [9.17, 15) is 4.79 Å². The standard InChI is InChI=1S/C14H26N4O/c1-4-9-17(10-7-8-15)14(19)13-11-12(5-2)16-18(13)6-3/h11H,4-10,15H2,1-3H3. The van der Waals surface area contributed by atoms with Crippen LogP contribution in [0.15, 0.2) is 6.07 Å². The van der Waals surface area contributed by atoms with Gasteiger partial charge in [-0.05, 0) is 38.8 Å². The molecule has 0 saturated carbocycles. The monoisotopic (exact) mass is 266 g/mol. The van der Waals surface area contributed by atoms with Crippen LogP contribution in [0.2, 0.25) is 0 Å². The van der Waals surface area contributed by atoms with Crippen molar-refractivity contribution in [2.45, 2.75) is 46.6 Å². The smallest absolute Gasteiger partial charge is 0.272 e. The first kappa shape index (κ1) is 15.7. The minimum atomic E-state index is 0.0735. The molecule has 0 saturated heterocycles. The molecule has 0 aromatic carbocycles. The Bertz CT molecular complexity index is 400. The van der Waals surface area contributed by atoms with E-state index in [2.05, 4.69) is 18.9 Å². The van der Waals surface area contributed by atoms with E-state index in [4.69, 9.17) is 5.73 Å². The van der Waals surface area contributed by atoms with Crippen molar-refractivity contribution in [3.8, 4) is 0 Å². The van der Waals surface area contributed by atoms with Crippen LogP contribution in [-0.4, -0.2) is 40.2 Å². The first-order valence-electron chi connectivity index (χ1n) is 7.23. The van der Waals surface area contributed by atoms with E-state index in [0.717, 1.165) is 44.6 Å². The zero-order valence-corrected chi connectivity index (χ0v) is 12.4. The quantitative estimate of drug-likeness (QED) is 0.778. The lowest BCUT2D eigenvalue weighted by atomic mass is 10.2. The van der Waals surface area contributed by atoms with Gasteiger partial charge in [-0.25, -0.2) is 0 Å². The number of aryl methyl sites for hydroxylation is 2. The van der Waals surface area contributed by atoms with E-state index in [1.165, 1.54) is 0 Å². The van der Waals surface area contributed by atoms with Gasteiger partial charge in [0.25, 0.3) is 5.91 Å². The van der Waals surface area contributed by atoms with Crippen molar-refractivity contribution >= 4 is 5.91 Å². The van der Waals surface area contributed by atoms with E-state index in [1.54, 1.807) is 4.68 Å². The highest BCUT2D eigenvalue weighted by Gasteiger charge is 2.19. The van der Waals surface area contributed by atoms with Gasteiger partial charge in [-0.2, -0.15) is 5.10 Å². The summed E-state index contributed by atoms with van der Waals surface area (Å²) < 4.78 is 1.80. The summed E-state index contributed by atoms with van der Waals surface area (Å²) in [5.74, 6) is 0.0735. The second-order valence-electron chi connectivity index (χ2n) is 4.62. The van der Waals surface area contributed by atoms with Gasteiger partial charge in [-0.15, -0.1) is 0 Å². The van der Waals surface area contributed by atoms with Gasteiger partial charge >= 0.3 is 0 Å². The Morgan fingerprint density at radius 3 is 2.63 bits per heavy atom. The number of hydrogen-bond acceptors (Lipinski definition) is 3. The van der Waals surface area contributed by atoms with E-state index in [0.29, 0.717) is 12.2 Å². The molecule has 0 aliphatic carbocycles. The predicted octanol–water partition coefficient (Wildman–Crippen LogP) is 1.67. The molecule has 1 rings (SSSR count). The molecule has 0 radical (unpaired) electrons. The Kier molecular flexibility index (Phi) is 6.56. The van der Waals surface area contributed by atoms with Gasteiger partial charge in [0.05, 0.1) is 5.69 Å². The molecule has 0 spiro atoms. The van der Waals surface area contributed by atoms with Gasteiger partial charge in [-0.1, -0.05) is 13.8 Å². The first-order chi connectivity index (χ1) is 9.17. The molecule has 0 aliphatic heterocycles. The van der Waals surface area contributed by atoms with Crippen molar-refractivity contribution in [3.63, 3.8) is 0 Å². The Balaban J connectivity index is 2.90. The Hall–Kier alpha value is -1.36. The molecule has 1 aromatic heterocycles. The highest BCUT2D eigenvalue weighted by Crippen LogP contribution is 2.10. The number of rotatable bonds is 8. The summed E-state index contributed by atoms with van der Waals surface area (Å²) >= 11 is 0. The number of nitrogens with zero attached hydrogens (tertiary/aromatic N) is 3. The van der Waals surface area contributed by atoms with Crippen molar-refractivity contribution in [2.75, 3.05) is 19.6 Å². The van der Waals surface area contributed by atoms with Crippen LogP contribution in [0.25, 0.3) is 0 Å². The molecular weight excluding hydrogens is 240 g/mol. The highest BCUT2D eigenvalue weighted by atomic mass is 16.2. The van der Waals surface area contributed by atoms with Gasteiger partial charge in [0, 0.05) is 19.6 Å². The second-order valence-corrected chi connectivity index (χ2v) is 4.62.